The first-order valence-electron chi connectivity index (χ1n) is 9.67. The molecule has 2 N–H and O–H groups in total. The number of hydrogen-bond acceptors (Lipinski definition) is 4. The normalized spacial score (nSPS) is 11.2. The Morgan fingerprint density at radius 2 is 1.73 bits per heavy atom. The quantitative estimate of drug-likeness (QED) is 0.532. The van der Waals surface area contributed by atoms with Crippen LogP contribution in [0.1, 0.15) is 30.0 Å². The molecule has 0 spiro atoms. The number of anilines is 1. The van der Waals surface area contributed by atoms with E-state index in [1.807, 2.05) is 18.2 Å². The Labute approximate surface area is 175 Å². The Balaban J connectivity index is 1.74. The van der Waals surface area contributed by atoms with E-state index in [0.717, 1.165) is 0 Å². The van der Waals surface area contributed by atoms with Gasteiger partial charge >= 0.3 is 0 Å². The Hall–Kier alpha value is -3.80. The number of nitrogens with one attached hydrogen (secondary N) is 2. The minimum Gasteiger partial charge on any atom is -0.493 e. The minimum atomic E-state index is -0.456. The number of furan rings is 1. The summed E-state index contributed by atoms with van der Waals surface area (Å²) in [6.07, 6.45) is 2.98. The van der Waals surface area contributed by atoms with Crippen LogP contribution < -0.4 is 15.4 Å². The van der Waals surface area contributed by atoms with Crippen LogP contribution in [0.25, 0.3) is 6.08 Å². The molecule has 1 heterocycles. The van der Waals surface area contributed by atoms with Crippen molar-refractivity contribution in [2.24, 2.45) is 5.92 Å². The molecule has 0 radical (unpaired) electrons. The zero-order valence-corrected chi connectivity index (χ0v) is 16.9. The predicted molar refractivity (Wildman–Crippen MR) is 116 cm³/mol. The van der Waals surface area contributed by atoms with Crippen molar-refractivity contribution in [1.82, 2.24) is 5.32 Å². The van der Waals surface area contributed by atoms with Gasteiger partial charge in [-0.1, -0.05) is 32.0 Å². The molecule has 3 rings (SSSR count). The highest BCUT2D eigenvalue weighted by Gasteiger charge is 2.16. The maximum atomic E-state index is 12.8. The Kier molecular flexibility index (Phi) is 7.05. The summed E-state index contributed by atoms with van der Waals surface area (Å²) < 4.78 is 10.9. The number of ether oxygens (including phenoxy) is 1. The van der Waals surface area contributed by atoms with Crippen LogP contribution >= 0.6 is 0 Å². The van der Waals surface area contributed by atoms with Crippen LogP contribution in [-0.4, -0.2) is 18.4 Å². The van der Waals surface area contributed by atoms with Gasteiger partial charge in [0.15, 0.2) is 0 Å². The van der Waals surface area contributed by atoms with Crippen molar-refractivity contribution < 1.29 is 18.7 Å². The summed E-state index contributed by atoms with van der Waals surface area (Å²) >= 11 is 0. The van der Waals surface area contributed by atoms with Gasteiger partial charge in [-0.25, -0.2) is 0 Å². The van der Waals surface area contributed by atoms with Crippen molar-refractivity contribution in [2.45, 2.75) is 13.8 Å². The van der Waals surface area contributed by atoms with E-state index in [-0.39, 0.29) is 5.70 Å². The topological polar surface area (TPSA) is 80.6 Å². The van der Waals surface area contributed by atoms with Crippen molar-refractivity contribution in [3.05, 3.63) is 90.0 Å². The van der Waals surface area contributed by atoms with Crippen molar-refractivity contribution in [3.63, 3.8) is 0 Å². The average Bonchev–Trinajstić information content (AvgIpc) is 3.26. The number of hydrogen-bond donors (Lipinski definition) is 2. The summed E-state index contributed by atoms with van der Waals surface area (Å²) in [4.78, 5) is 25.5. The van der Waals surface area contributed by atoms with E-state index in [0.29, 0.717) is 35.3 Å². The van der Waals surface area contributed by atoms with Gasteiger partial charge in [-0.2, -0.15) is 0 Å². The molecule has 0 aliphatic rings. The molecule has 0 aliphatic heterocycles. The van der Waals surface area contributed by atoms with Crippen LogP contribution in [-0.2, 0) is 4.79 Å². The van der Waals surface area contributed by atoms with Crippen molar-refractivity contribution in [3.8, 4) is 5.75 Å². The molecule has 2 aromatic carbocycles. The van der Waals surface area contributed by atoms with Crippen LogP contribution in [0.15, 0.2) is 83.1 Å². The first-order chi connectivity index (χ1) is 14.5. The molecule has 0 bridgehead atoms. The molecule has 0 saturated carbocycles. The molecule has 6 nitrogen and oxygen atoms in total. The Bertz CT molecular complexity index is 991. The van der Waals surface area contributed by atoms with Gasteiger partial charge in [-0.15, -0.1) is 0 Å². The van der Waals surface area contributed by atoms with Crippen molar-refractivity contribution in [1.29, 1.82) is 0 Å². The SMILES string of the molecule is CC(C)COc1ccc(C(=O)N/C(=C\c2ccco2)C(=O)Nc2ccccc2)cc1. The number of carbonyl (C=O) groups is 2. The minimum absolute atomic E-state index is 0.0685. The summed E-state index contributed by atoms with van der Waals surface area (Å²) in [5.41, 5.74) is 1.09. The molecule has 30 heavy (non-hydrogen) atoms. The molecule has 3 aromatic rings. The second kappa shape index (κ2) is 10.1. The number of para-hydroxylation sites is 1. The molecule has 2 amide bonds. The van der Waals surface area contributed by atoms with Gasteiger partial charge < -0.3 is 19.8 Å². The largest absolute Gasteiger partial charge is 0.493 e. The van der Waals surface area contributed by atoms with E-state index in [4.69, 9.17) is 9.15 Å². The van der Waals surface area contributed by atoms with Crippen LogP contribution in [0, 0.1) is 5.92 Å². The molecule has 0 aliphatic carbocycles. The van der Waals surface area contributed by atoms with Gasteiger partial charge in [0.2, 0.25) is 0 Å². The summed E-state index contributed by atoms with van der Waals surface area (Å²) in [5.74, 6) is 0.680. The molecule has 0 fully saturated rings. The van der Waals surface area contributed by atoms with E-state index in [9.17, 15) is 9.59 Å². The van der Waals surface area contributed by atoms with Crippen molar-refractivity contribution >= 4 is 23.6 Å². The number of rotatable bonds is 8. The van der Waals surface area contributed by atoms with Crippen LogP contribution in [0.3, 0.4) is 0 Å². The van der Waals surface area contributed by atoms with Gasteiger partial charge in [0.25, 0.3) is 11.8 Å². The zero-order chi connectivity index (χ0) is 21.3. The highest BCUT2D eigenvalue weighted by atomic mass is 16.5. The fraction of sp³-hybridized carbons (Fsp3) is 0.167. The average molecular weight is 404 g/mol. The molecule has 0 atom stereocenters. The van der Waals surface area contributed by atoms with Crippen LogP contribution in [0.2, 0.25) is 0 Å². The van der Waals surface area contributed by atoms with E-state index in [1.165, 1.54) is 12.3 Å². The van der Waals surface area contributed by atoms with E-state index < -0.39 is 11.8 Å². The lowest BCUT2D eigenvalue weighted by Crippen LogP contribution is -2.30. The maximum absolute atomic E-state index is 12.8. The molecule has 0 unspecified atom stereocenters. The lowest BCUT2D eigenvalue weighted by molar-refractivity contribution is -0.113. The molecular formula is C24H24N2O4. The second-order valence-corrected chi connectivity index (χ2v) is 7.08. The molecular weight excluding hydrogens is 380 g/mol. The van der Waals surface area contributed by atoms with E-state index in [1.54, 1.807) is 48.5 Å². The first-order valence-corrected chi connectivity index (χ1v) is 9.67. The van der Waals surface area contributed by atoms with Crippen molar-refractivity contribution in [2.75, 3.05) is 11.9 Å². The maximum Gasteiger partial charge on any atom is 0.272 e. The Morgan fingerprint density at radius 1 is 1.00 bits per heavy atom. The van der Waals surface area contributed by atoms with Crippen LogP contribution in [0.5, 0.6) is 5.75 Å². The summed E-state index contributed by atoms with van der Waals surface area (Å²) in [6.45, 7) is 4.73. The standard InChI is InChI=1S/C24H24N2O4/c1-17(2)16-30-20-12-10-18(11-13-20)23(27)26-22(15-21-9-6-14-29-21)24(28)25-19-7-4-3-5-8-19/h3-15,17H,16H2,1-2H3,(H,25,28)(H,26,27)/b22-15-. The third-order valence-corrected chi connectivity index (χ3v) is 4.05. The van der Waals surface area contributed by atoms with Gasteiger partial charge in [-0.3, -0.25) is 9.59 Å². The monoisotopic (exact) mass is 404 g/mol. The molecule has 6 heteroatoms. The van der Waals surface area contributed by atoms with Crippen LogP contribution in [0.4, 0.5) is 5.69 Å². The zero-order valence-electron chi connectivity index (χ0n) is 16.9. The highest BCUT2D eigenvalue weighted by Crippen LogP contribution is 2.15. The second-order valence-electron chi connectivity index (χ2n) is 7.08. The van der Waals surface area contributed by atoms with E-state index >= 15 is 0 Å². The number of carbonyl (C=O) groups excluding carboxylic acids is 2. The first kappa shape index (κ1) is 20.9. The number of amides is 2. The van der Waals surface area contributed by atoms with Gasteiger partial charge in [0, 0.05) is 17.3 Å². The summed E-state index contributed by atoms with van der Waals surface area (Å²) in [5, 5.41) is 5.43. The molecule has 1 aromatic heterocycles. The highest BCUT2D eigenvalue weighted by molar-refractivity contribution is 6.10. The molecule has 154 valence electrons. The lowest BCUT2D eigenvalue weighted by Gasteiger charge is -2.12. The third-order valence-electron chi connectivity index (χ3n) is 4.05. The smallest absolute Gasteiger partial charge is 0.272 e. The van der Waals surface area contributed by atoms with Gasteiger partial charge in [-0.05, 0) is 54.4 Å². The van der Waals surface area contributed by atoms with Gasteiger partial charge in [0.05, 0.1) is 12.9 Å². The molecule has 0 saturated heterocycles. The third kappa shape index (κ3) is 6.10. The summed E-state index contributed by atoms with van der Waals surface area (Å²) in [6, 6.07) is 19.2. The Morgan fingerprint density at radius 3 is 2.37 bits per heavy atom. The lowest BCUT2D eigenvalue weighted by atomic mass is 10.2. The number of benzene rings is 2. The fourth-order valence-corrected chi connectivity index (χ4v) is 2.55. The fourth-order valence-electron chi connectivity index (χ4n) is 2.55. The van der Waals surface area contributed by atoms with Gasteiger partial charge in [0.1, 0.15) is 17.2 Å². The predicted octanol–water partition coefficient (Wildman–Crippen LogP) is 4.72. The van der Waals surface area contributed by atoms with E-state index in [2.05, 4.69) is 24.5 Å². The summed E-state index contributed by atoms with van der Waals surface area (Å²) in [7, 11) is 0.